The van der Waals surface area contributed by atoms with E-state index in [-0.39, 0.29) is 10.6 Å². The van der Waals surface area contributed by atoms with E-state index in [0.717, 1.165) is 11.6 Å². The van der Waals surface area contributed by atoms with Gasteiger partial charge in [-0.1, -0.05) is 18.2 Å². The lowest BCUT2D eigenvalue weighted by atomic mass is 10.2. The van der Waals surface area contributed by atoms with E-state index in [2.05, 4.69) is 15.5 Å². The molecule has 0 atom stereocenters. The third-order valence-electron chi connectivity index (χ3n) is 2.97. The minimum absolute atomic E-state index is 0.129. The second kappa shape index (κ2) is 5.57. The van der Waals surface area contributed by atoms with Crippen LogP contribution in [0, 0.1) is 17.0 Å². The standard InChI is InChI=1S/C12H15N5O2/c1-9-14-15-12(16(9)2)8-13-7-10-5-3-4-6-11(10)17(18)19/h3-6,13H,7-8H2,1-2H3. The maximum absolute atomic E-state index is 10.9. The molecule has 0 radical (unpaired) electrons. The molecule has 0 amide bonds. The summed E-state index contributed by atoms with van der Waals surface area (Å²) in [5.74, 6) is 1.64. The topological polar surface area (TPSA) is 85.9 Å². The number of hydrogen-bond donors (Lipinski definition) is 1. The van der Waals surface area contributed by atoms with Crippen molar-refractivity contribution in [1.82, 2.24) is 20.1 Å². The van der Waals surface area contributed by atoms with Crippen LogP contribution in [0.5, 0.6) is 0 Å². The van der Waals surface area contributed by atoms with E-state index in [0.29, 0.717) is 18.7 Å². The van der Waals surface area contributed by atoms with Crippen LogP contribution in [0.1, 0.15) is 17.2 Å². The molecule has 2 aromatic rings. The van der Waals surface area contributed by atoms with Crippen LogP contribution in [0.3, 0.4) is 0 Å². The van der Waals surface area contributed by atoms with Crippen LogP contribution in [0.4, 0.5) is 5.69 Å². The predicted octanol–water partition coefficient (Wildman–Crippen LogP) is 1.32. The average Bonchev–Trinajstić information content (AvgIpc) is 2.71. The van der Waals surface area contributed by atoms with Gasteiger partial charge in [-0.15, -0.1) is 10.2 Å². The number of nitro benzene ring substituents is 1. The number of hydrogen-bond acceptors (Lipinski definition) is 5. The molecule has 0 aliphatic heterocycles. The third-order valence-corrected chi connectivity index (χ3v) is 2.97. The number of nitro groups is 1. The quantitative estimate of drug-likeness (QED) is 0.648. The van der Waals surface area contributed by atoms with Crippen LogP contribution < -0.4 is 5.32 Å². The molecule has 0 unspecified atom stereocenters. The summed E-state index contributed by atoms with van der Waals surface area (Å²) in [4.78, 5) is 10.5. The zero-order valence-corrected chi connectivity index (χ0v) is 10.8. The Morgan fingerprint density at radius 2 is 2.05 bits per heavy atom. The zero-order valence-electron chi connectivity index (χ0n) is 10.8. The highest BCUT2D eigenvalue weighted by Gasteiger charge is 2.12. The van der Waals surface area contributed by atoms with E-state index in [1.807, 2.05) is 18.5 Å². The molecule has 100 valence electrons. The maximum Gasteiger partial charge on any atom is 0.273 e. The molecule has 1 N–H and O–H groups in total. The molecule has 0 aliphatic carbocycles. The first-order valence-electron chi connectivity index (χ1n) is 5.87. The first-order chi connectivity index (χ1) is 9.09. The summed E-state index contributed by atoms with van der Waals surface area (Å²) in [6.45, 7) is 2.81. The molecule has 1 aromatic carbocycles. The predicted molar refractivity (Wildman–Crippen MR) is 69.4 cm³/mol. The Morgan fingerprint density at radius 3 is 2.68 bits per heavy atom. The average molecular weight is 261 g/mol. The van der Waals surface area contributed by atoms with Gasteiger partial charge in [0.05, 0.1) is 11.5 Å². The van der Waals surface area contributed by atoms with Gasteiger partial charge < -0.3 is 9.88 Å². The van der Waals surface area contributed by atoms with Crippen molar-refractivity contribution in [2.24, 2.45) is 7.05 Å². The van der Waals surface area contributed by atoms with Crippen LogP contribution in [0.2, 0.25) is 0 Å². The molecule has 0 saturated heterocycles. The van der Waals surface area contributed by atoms with E-state index in [9.17, 15) is 10.1 Å². The molecule has 7 nitrogen and oxygen atoms in total. The Labute approximate surface area is 110 Å². The Balaban J connectivity index is 2.00. The fourth-order valence-corrected chi connectivity index (χ4v) is 1.75. The number of aromatic nitrogens is 3. The molecule has 2 rings (SSSR count). The van der Waals surface area contributed by atoms with Crippen molar-refractivity contribution in [1.29, 1.82) is 0 Å². The summed E-state index contributed by atoms with van der Waals surface area (Å²) >= 11 is 0. The van der Waals surface area contributed by atoms with Crippen molar-refractivity contribution in [3.63, 3.8) is 0 Å². The molecule has 1 aromatic heterocycles. The van der Waals surface area contributed by atoms with Crippen LogP contribution >= 0.6 is 0 Å². The molecular formula is C12H15N5O2. The van der Waals surface area contributed by atoms with E-state index in [1.165, 1.54) is 6.07 Å². The van der Waals surface area contributed by atoms with Crippen molar-refractivity contribution >= 4 is 5.69 Å². The van der Waals surface area contributed by atoms with E-state index in [4.69, 9.17) is 0 Å². The van der Waals surface area contributed by atoms with Crippen molar-refractivity contribution in [3.8, 4) is 0 Å². The van der Waals surface area contributed by atoms with Crippen LogP contribution in [0.15, 0.2) is 24.3 Å². The Kier molecular flexibility index (Phi) is 3.86. The Morgan fingerprint density at radius 1 is 1.32 bits per heavy atom. The van der Waals surface area contributed by atoms with Gasteiger partial charge in [-0.05, 0) is 6.92 Å². The van der Waals surface area contributed by atoms with Gasteiger partial charge in [0.15, 0.2) is 0 Å². The number of aryl methyl sites for hydroxylation is 1. The molecule has 0 fully saturated rings. The van der Waals surface area contributed by atoms with Gasteiger partial charge in [0.25, 0.3) is 5.69 Å². The summed E-state index contributed by atoms with van der Waals surface area (Å²) in [5, 5.41) is 22.0. The van der Waals surface area contributed by atoms with Crippen LogP contribution in [-0.4, -0.2) is 19.7 Å². The first kappa shape index (κ1) is 13.2. The second-order valence-corrected chi connectivity index (χ2v) is 4.21. The lowest BCUT2D eigenvalue weighted by Gasteiger charge is -2.05. The summed E-state index contributed by atoms with van der Waals surface area (Å²) < 4.78 is 1.88. The van der Waals surface area contributed by atoms with E-state index in [1.54, 1.807) is 18.2 Å². The SMILES string of the molecule is Cc1nnc(CNCc2ccccc2[N+](=O)[O-])n1C. The molecule has 0 spiro atoms. The monoisotopic (exact) mass is 261 g/mol. The van der Waals surface area contributed by atoms with Crippen molar-refractivity contribution in [3.05, 3.63) is 51.6 Å². The Hall–Kier alpha value is -2.28. The largest absolute Gasteiger partial charge is 0.317 e. The first-order valence-corrected chi connectivity index (χ1v) is 5.87. The highest BCUT2D eigenvalue weighted by atomic mass is 16.6. The van der Waals surface area contributed by atoms with Crippen LogP contribution in [-0.2, 0) is 20.1 Å². The molecule has 19 heavy (non-hydrogen) atoms. The second-order valence-electron chi connectivity index (χ2n) is 4.21. The number of benzene rings is 1. The summed E-state index contributed by atoms with van der Waals surface area (Å²) in [5.41, 5.74) is 0.788. The minimum atomic E-state index is -0.372. The van der Waals surface area contributed by atoms with E-state index >= 15 is 0 Å². The molecular weight excluding hydrogens is 246 g/mol. The lowest BCUT2D eigenvalue weighted by Crippen LogP contribution is -2.16. The van der Waals surface area contributed by atoms with Crippen molar-refractivity contribution in [2.75, 3.05) is 0 Å². The summed E-state index contributed by atoms with van der Waals surface area (Å²) in [7, 11) is 1.89. The van der Waals surface area contributed by atoms with Crippen LogP contribution in [0.25, 0.3) is 0 Å². The molecule has 0 saturated carbocycles. The normalized spacial score (nSPS) is 10.6. The van der Waals surface area contributed by atoms with E-state index < -0.39 is 0 Å². The Bertz CT molecular complexity index is 594. The minimum Gasteiger partial charge on any atom is -0.317 e. The van der Waals surface area contributed by atoms with Gasteiger partial charge in [0.1, 0.15) is 11.6 Å². The highest BCUT2D eigenvalue weighted by Crippen LogP contribution is 2.17. The van der Waals surface area contributed by atoms with Gasteiger partial charge in [0.2, 0.25) is 0 Å². The molecule has 0 bridgehead atoms. The van der Waals surface area contributed by atoms with Gasteiger partial charge in [-0.25, -0.2) is 0 Å². The molecule has 1 heterocycles. The lowest BCUT2D eigenvalue weighted by molar-refractivity contribution is -0.385. The smallest absolute Gasteiger partial charge is 0.273 e. The van der Waals surface area contributed by atoms with Crippen molar-refractivity contribution in [2.45, 2.75) is 20.0 Å². The molecule has 0 aliphatic rings. The number of nitrogens with one attached hydrogen (secondary N) is 1. The summed E-state index contributed by atoms with van der Waals surface area (Å²) in [6.07, 6.45) is 0. The van der Waals surface area contributed by atoms with Gasteiger partial charge in [-0.3, -0.25) is 10.1 Å². The van der Waals surface area contributed by atoms with Crippen molar-refractivity contribution < 1.29 is 4.92 Å². The number of para-hydroxylation sites is 1. The number of nitrogens with zero attached hydrogens (tertiary/aromatic N) is 4. The summed E-state index contributed by atoms with van der Waals surface area (Å²) in [6, 6.07) is 6.70. The fraction of sp³-hybridized carbons (Fsp3) is 0.333. The molecule has 7 heteroatoms. The zero-order chi connectivity index (χ0) is 13.8. The number of rotatable bonds is 5. The van der Waals surface area contributed by atoms with Gasteiger partial charge >= 0.3 is 0 Å². The maximum atomic E-state index is 10.9. The highest BCUT2D eigenvalue weighted by molar-refractivity contribution is 5.39. The third kappa shape index (κ3) is 2.94. The van der Waals surface area contributed by atoms with Gasteiger partial charge in [-0.2, -0.15) is 0 Å². The van der Waals surface area contributed by atoms with Gasteiger partial charge in [0, 0.05) is 25.2 Å². The fourth-order valence-electron chi connectivity index (χ4n) is 1.75.